The topological polar surface area (TPSA) is 54.2 Å². The van der Waals surface area contributed by atoms with E-state index >= 15 is 0 Å². The van der Waals surface area contributed by atoms with E-state index in [9.17, 15) is 0 Å². The van der Waals surface area contributed by atoms with E-state index in [1.807, 2.05) is 13.0 Å². The maximum atomic E-state index is 5.68. The van der Waals surface area contributed by atoms with Crippen molar-refractivity contribution in [2.75, 3.05) is 38.2 Å². The van der Waals surface area contributed by atoms with E-state index in [2.05, 4.69) is 43.1 Å². The predicted octanol–water partition coefficient (Wildman–Crippen LogP) is 1.97. The van der Waals surface area contributed by atoms with Crippen LogP contribution in [-0.4, -0.2) is 37.1 Å². The van der Waals surface area contributed by atoms with Gasteiger partial charge in [-0.3, -0.25) is 0 Å². The normalized spacial score (nSPS) is 11.9. The summed E-state index contributed by atoms with van der Waals surface area (Å²) >= 11 is 0. The summed E-state index contributed by atoms with van der Waals surface area (Å²) in [5.41, 5.74) is 7.68. The van der Waals surface area contributed by atoms with Crippen molar-refractivity contribution in [3.63, 3.8) is 0 Å². The predicted molar refractivity (Wildman–Crippen MR) is 74.2 cm³/mol. The van der Waals surface area contributed by atoms with Gasteiger partial charge in [0.05, 0.1) is 11.9 Å². The van der Waals surface area contributed by atoms with Gasteiger partial charge in [0.15, 0.2) is 0 Å². The maximum absolute atomic E-state index is 5.68. The number of aryl methyl sites for hydroxylation is 1. The Morgan fingerprint density at radius 3 is 2.59 bits per heavy atom. The monoisotopic (exact) mass is 236 g/mol. The Hall–Kier alpha value is -1.29. The van der Waals surface area contributed by atoms with Crippen LogP contribution in [0.4, 0.5) is 11.5 Å². The standard InChI is InChI=1S/C13H24N4/c1-10-6-11(14)7-15-12(10)16-8-13(2,3)9-17(4)5/h6-7H,8-9,14H2,1-5H3,(H,15,16). The van der Waals surface area contributed by atoms with Crippen molar-refractivity contribution < 1.29 is 0 Å². The average molecular weight is 236 g/mol. The van der Waals surface area contributed by atoms with E-state index in [1.165, 1.54) is 0 Å². The number of aromatic nitrogens is 1. The summed E-state index contributed by atoms with van der Waals surface area (Å²) in [6.45, 7) is 8.43. The van der Waals surface area contributed by atoms with Crippen molar-refractivity contribution in [3.8, 4) is 0 Å². The molecule has 17 heavy (non-hydrogen) atoms. The lowest BCUT2D eigenvalue weighted by Crippen LogP contribution is -2.34. The van der Waals surface area contributed by atoms with Crippen molar-refractivity contribution in [3.05, 3.63) is 17.8 Å². The van der Waals surface area contributed by atoms with Gasteiger partial charge < -0.3 is 16.0 Å². The van der Waals surface area contributed by atoms with Crippen LogP contribution in [0.5, 0.6) is 0 Å². The molecule has 1 rings (SSSR count). The molecule has 0 aromatic carbocycles. The van der Waals surface area contributed by atoms with E-state index < -0.39 is 0 Å². The zero-order valence-electron chi connectivity index (χ0n) is 11.5. The number of rotatable bonds is 5. The van der Waals surface area contributed by atoms with Crippen LogP contribution in [0.25, 0.3) is 0 Å². The molecule has 0 unspecified atom stereocenters. The van der Waals surface area contributed by atoms with Crippen LogP contribution in [0.1, 0.15) is 19.4 Å². The third-order valence-corrected chi connectivity index (χ3v) is 2.58. The minimum absolute atomic E-state index is 0.207. The molecule has 0 saturated carbocycles. The Morgan fingerprint density at radius 1 is 1.41 bits per heavy atom. The molecule has 1 heterocycles. The van der Waals surface area contributed by atoms with E-state index in [0.29, 0.717) is 5.69 Å². The molecule has 0 bridgehead atoms. The van der Waals surface area contributed by atoms with Crippen LogP contribution in [0, 0.1) is 12.3 Å². The third kappa shape index (κ3) is 4.61. The Morgan fingerprint density at radius 2 is 2.06 bits per heavy atom. The second-order valence-corrected chi connectivity index (χ2v) is 5.69. The van der Waals surface area contributed by atoms with Crippen molar-refractivity contribution in [2.24, 2.45) is 5.41 Å². The summed E-state index contributed by atoms with van der Waals surface area (Å²) in [6, 6.07) is 1.94. The SMILES string of the molecule is Cc1cc(N)cnc1NCC(C)(C)CN(C)C. The molecule has 1 aromatic rings. The van der Waals surface area contributed by atoms with Gasteiger partial charge in [0, 0.05) is 13.1 Å². The number of nitrogens with two attached hydrogens (primary N) is 1. The number of pyridine rings is 1. The highest BCUT2D eigenvalue weighted by molar-refractivity contribution is 5.50. The zero-order chi connectivity index (χ0) is 13.1. The van der Waals surface area contributed by atoms with E-state index in [0.717, 1.165) is 24.5 Å². The van der Waals surface area contributed by atoms with Crippen LogP contribution in [-0.2, 0) is 0 Å². The number of nitrogens with zero attached hydrogens (tertiary/aromatic N) is 2. The van der Waals surface area contributed by atoms with Crippen LogP contribution in [0.3, 0.4) is 0 Å². The van der Waals surface area contributed by atoms with E-state index in [-0.39, 0.29) is 5.41 Å². The number of nitrogens with one attached hydrogen (secondary N) is 1. The first-order valence-electron chi connectivity index (χ1n) is 5.91. The molecule has 96 valence electrons. The summed E-state index contributed by atoms with van der Waals surface area (Å²) in [4.78, 5) is 6.51. The van der Waals surface area contributed by atoms with Gasteiger partial charge >= 0.3 is 0 Å². The van der Waals surface area contributed by atoms with Gasteiger partial charge in [-0.25, -0.2) is 4.98 Å². The highest BCUT2D eigenvalue weighted by Crippen LogP contribution is 2.19. The second kappa shape index (κ2) is 5.36. The van der Waals surface area contributed by atoms with Gasteiger partial charge in [-0.05, 0) is 38.1 Å². The minimum Gasteiger partial charge on any atom is -0.397 e. The molecule has 0 fully saturated rings. The molecule has 0 amide bonds. The van der Waals surface area contributed by atoms with Crippen LogP contribution < -0.4 is 11.1 Å². The number of anilines is 2. The van der Waals surface area contributed by atoms with Crippen LogP contribution in [0.15, 0.2) is 12.3 Å². The van der Waals surface area contributed by atoms with Gasteiger partial charge in [-0.1, -0.05) is 13.8 Å². The molecular formula is C13H24N4. The molecule has 4 heteroatoms. The molecule has 1 aromatic heterocycles. The number of nitrogen functional groups attached to an aromatic ring is 1. The van der Waals surface area contributed by atoms with Gasteiger partial charge in [-0.2, -0.15) is 0 Å². The van der Waals surface area contributed by atoms with Gasteiger partial charge in [-0.15, -0.1) is 0 Å². The molecule has 0 aliphatic heterocycles. The smallest absolute Gasteiger partial charge is 0.129 e. The molecular weight excluding hydrogens is 212 g/mol. The zero-order valence-corrected chi connectivity index (χ0v) is 11.5. The lowest BCUT2D eigenvalue weighted by molar-refractivity contribution is 0.254. The third-order valence-electron chi connectivity index (χ3n) is 2.58. The Labute approximate surface area is 104 Å². The first-order chi connectivity index (χ1) is 7.80. The van der Waals surface area contributed by atoms with Gasteiger partial charge in [0.25, 0.3) is 0 Å². The first kappa shape index (κ1) is 13.8. The highest BCUT2D eigenvalue weighted by Gasteiger charge is 2.19. The molecule has 0 radical (unpaired) electrons. The summed E-state index contributed by atoms with van der Waals surface area (Å²) in [6.07, 6.45) is 1.69. The molecule has 0 atom stereocenters. The van der Waals surface area contributed by atoms with Crippen molar-refractivity contribution in [1.29, 1.82) is 0 Å². The Balaban J connectivity index is 2.61. The summed E-state index contributed by atoms with van der Waals surface area (Å²) in [7, 11) is 4.18. The fourth-order valence-electron chi connectivity index (χ4n) is 2.02. The minimum atomic E-state index is 0.207. The highest BCUT2D eigenvalue weighted by atomic mass is 15.1. The fraction of sp³-hybridized carbons (Fsp3) is 0.615. The van der Waals surface area contributed by atoms with Crippen molar-refractivity contribution >= 4 is 11.5 Å². The lowest BCUT2D eigenvalue weighted by Gasteiger charge is -2.28. The molecule has 0 aliphatic rings. The largest absolute Gasteiger partial charge is 0.397 e. The summed E-state index contributed by atoms with van der Waals surface area (Å²) < 4.78 is 0. The number of hydrogen-bond donors (Lipinski definition) is 2. The van der Waals surface area contributed by atoms with Crippen LogP contribution >= 0.6 is 0 Å². The molecule has 0 saturated heterocycles. The second-order valence-electron chi connectivity index (χ2n) is 5.69. The fourth-order valence-corrected chi connectivity index (χ4v) is 2.02. The van der Waals surface area contributed by atoms with Gasteiger partial charge in [0.2, 0.25) is 0 Å². The van der Waals surface area contributed by atoms with Gasteiger partial charge in [0.1, 0.15) is 5.82 Å². The molecule has 4 nitrogen and oxygen atoms in total. The van der Waals surface area contributed by atoms with Crippen molar-refractivity contribution in [1.82, 2.24) is 9.88 Å². The average Bonchev–Trinajstić information content (AvgIpc) is 2.14. The van der Waals surface area contributed by atoms with E-state index in [1.54, 1.807) is 6.20 Å². The first-order valence-corrected chi connectivity index (χ1v) is 5.91. The lowest BCUT2D eigenvalue weighted by atomic mass is 9.93. The van der Waals surface area contributed by atoms with Crippen LogP contribution in [0.2, 0.25) is 0 Å². The summed E-state index contributed by atoms with van der Waals surface area (Å²) in [5.74, 6) is 0.922. The quantitative estimate of drug-likeness (QED) is 0.820. The van der Waals surface area contributed by atoms with Crippen molar-refractivity contribution in [2.45, 2.75) is 20.8 Å². The maximum Gasteiger partial charge on any atom is 0.129 e. The number of hydrogen-bond acceptors (Lipinski definition) is 4. The Bertz CT molecular complexity index is 372. The molecule has 3 N–H and O–H groups in total. The summed E-state index contributed by atoms with van der Waals surface area (Å²) in [5, 5.41) is 3.39. The molecule has 0 aliphatic carbocycles. The van der Waals surface area contributed by atoms with E-state index in [4.69, 9.17) is 5.73 Å². The molecule has 0 spiro atoms. The Kier molecular flexibility index (Phi) is 4.34.